The maximum Gasteiger partial charge on any atom is 0.242 e. The summed E-state index contributed by atoms with van der Waals surface area (Å²) in [5.41, 5.74) is 1.74. The van der Waals surface area contributed by atoms with Crippen LogP contribution in [0.25, 0.3) is 0 Å². The maximum absolute atomic E-state index is 13.2. The summed E-state index contributed by atoms with van der Waals surface area (Å²) >= 11 is 0. The molecule has 2 fully saturated rings. The van der Waals surface area contributed by atoms with E-state index in [2.05, 4.69) is 29.2 Å². The summed E-state index contributed by atoms with van der Waals surface area (Å²) in [6, 6.07) is 8.41. The molecule has 3 aliphatic rings. The van der Waals surface area contributed by atoms with E-state index in [0.717, 1.165) is 26.1 Å². The molecule has 1 aromatic carbocycles. The Morgan fingerprint density at radius 3 is 2.71 bits per heavy atom. The Balaban J connectivity index is 1.52. The van der Waals surface area contributed by atoms with Gasteiger partial charge in [-0.3, -0.25) is 9.69 Å². The quantitative estimate of drug-likeness (QED) is 0.829. The molecule has 0 bridgehead atoms. The molecule has 0 aliphatic carbocycles. The lowest BCUT2D eigenvalue weighted by molar-refractivity contribution is -0.146. The van der Waals surface area contributed by atoms with Crippen molar-refractivity contribution in [2.24, 2.45) is 0 Å². The van der Waals surface area contributed by atoms with Crippen LogP contribution in [-0.2, 0) is 26.5 Å². The van der Waals surface area contributed by atoms with Gasteiger partial charge in [-0.1, -0.05) is 24.3 Å². The molecule has 130 valence electrons. The fraction of sp³-hybridized carbons (Fsp3) is 0.632. The van der Waals surface area contributed by atoms with E-state index < -0.39 is 5.54 Å². The van der Waals surface area contributed by atoms with Crippen molar-refractivity contribution < 1.29 is 14.3 Å². The van der Waals surface area contributed by atoms with Crippen LogP contribution in [0.3, 0.4) is 0 Å². The third-order valence-electron chi connectivity index (χ3n) is 5.86. The first-order chi connectivity index (χ1) is 11.5. The monoisotopic (exact) mass is 330 g/mol. The standard InChI is InChI=1S/C19H26N2O3/c1-18(2,21-9-11-23-12-10-21)17(22)20-8-7-19(14-20)16-6-4-3-5-15(16)13-24-19/h3-6H,7-14H2,1-2H3. The Kier molecular flexibility index (Phi) is 3.90. The Bertz CT molecular complexity index is 639. The number of ether oxygens (including phenoxy) is 2. The van der Waals surface area contributed by atoms with Gasteiger partial charge < -0.3 is 14.4 Å². The minimum atomic E-state index is -0.493. The molecule has 0 saturated carbocycles. The number of hydrogen-bond donors (Lipinski definition) is 0. The molecule has 1 aromatic rings. The zero-order valence-corrected chi connectivity index (χ0v) is 14.6. The normalized spacial score (nSPS) is 27.7. The topological polar surface area (TPSA) is 42.0 Å². The average Bonchev–Trinajstić information content (AvgIpc) is 3.21. The Morgan fingerprint density at radius 2 is 1.92 bits per heavy atom. The number of rotatable bonds is 2. The summed E-state index contributed by atoms with van der Waals surface area (Å²) in [5, 5.41) is 0. The lowest BCUT2D eigenvalue weighted by Crippen LogP contribution is -2.58. The molecular weight excluding hydrogens is 304 g/mol. The second kappa shape index (κ2) is 5.83. The van der Waals surface area contributed by atoms with Gasteiger partial charge in [0.2, 0.25) is 5.91 Å². The largest absolute Gasteiger partial charge is 0.379 e. The lowest BCUT2D eigenvalue weighted by Gasteiger charge is -2.41. The van der Waals surface area contributed by atoms with Gasteiger partial charge in [0.1, 0.15) is 5.60 Å². The summed E-state index contributed by atoms with van der Waals surface area (Å²) in [7, 11) is 0. The van der Waals surface area contributed by atoms with Gasteiger partial charge in [-0.25, -0.2) is 0 Å². The highest BCUT2D eigenvalue weighted by molar-refractivity contribution is 5.86. The smallest absolute Gasteiger partial charge is 0.242 e. The van der Waals surface area contributed by atoms with E-state index in [1.165, 1.54) is 11.1 Å². The molecular formula is C19H26N2O3. The molecule has 0 aromatic heterocycles. The molecule has 24 heavy (non-hydrogen) atoms. The van der Waals surface area contributed by atoms with Crippen LogP contribution in [-0.4, -0.2) is 60.6 Å². The third kappa shape index (κ3) is 2.46. The number of hydrogen-bond acceptors (Lipinski definition) is 4. The number of amides is 1. The molecule has 3 heterocycles. The van der Waals surface area contributed by atoms with Crippen LogP contribution >= 0.6 is 0 Å². The SMILES string of the molecule is CC(C)(C(=O)N1CCC2(C1)OCc1ccccc12)N1CCOCC1. The van der Waals surface area contributed by atoms with E-state index in [-0.39, 0.29) is 11.5 Å². The highest BCUT2D eigenvalue weighted by Gasteiger charge is 2.49. The summed E-state index contributed by atoms with van der Waals surface area (Å²) in [5.74, 6) is 0.203. The first-order valence-electron chi connectivity index (χ1n) is 8.87. The summed E-state index contributed by atoms with van der Waals surface area (Å²) in [6.07, 6.45) is 0.884. The molecule has 2 saturated heterocycles. The van der Waals surface area contributed by atoms with Gasteiger partial charge in [0.05, 0.1) is 31.9 Å². The van der Waals surface area contributed by atoms with Gasteiger partial charge in [0.25, 0.3) is 0 Å². The van der Waals surface area contributed by atoms with E-state index in [1.54, 1.807) is 0 Å². The molecule has 1 atom stereocenters. The molecule has 5 nitrogen and oxygen atoms in total. The number of carbonyl (C=O) groups is 1. The molecule has 0 radical (unpaired) electrons. The van der Waals surface area contributed by atoms with Crippen LogP contribution in [0.1, 0.15) is 31.4 Å². The molecule has 1 unspecified atom stereocenters. The van der Waals surface area contributed by atoms with Crippen molar-refractivity contribution in [2.45, 2.75) is 38.0 Å². The molecule has 1 amide bonds. The molecule has 3 aliphatic heterocycles. The number of fused-ring (bicyclic) bond motifs is 2. The number of likely N-dealkylation sites (tertiary alicyclic amines) is 1. The molecule has 0 N–H and O–H groups in total. The predicted octanol–water partition coefficient (Wildman–Crippen LogP) is 1.76. The first-order valence-corrected chi connectivity index (χ1v) is 8.87. The number of nitrogens with zero attached hydrogens (tertiary/aromatic N) is 2. The average molecular weight is 330 g/mol. The van der Waals surface area contributed by atoms with E-state index in [4.69, 9.17) is 9.47 Å². The first kappa shape index (κ1) is 16.1. The number of morpholine rings is 1. The predicted molar refractivity (Wildman–Crippen MR) is 90.6 cm³/mol. The molecule has 1 spiro atoms. The van der Waals surface area contributed by atoms with E-state index in [9.17, 15) is 4.79 Å². The lowest BCUT2D eigenvalue weighted by atomic mass is 9.91. The van der Waals surface area contributed by atoms with Crippen molar-refractivity contribution in [2.75, 3.05) is 39.4 Å². The third-order valence-corrected chi connectivity index (χ3v) is 5.86. The summed E-state index contributed by atoms with van der Waals surface area (Å²) in [6.45, 7) is 9.20. The highest BCUT2D eigenvalue weighted by atomic mass is 16.5. The highest BCUT2D eigenvalue weighted by Crippen LogP contribution is 2.43. The maximum atomic E-state index is 13.2. The van der Waals surface area contributed by atoms with E-state index in [1.807, 2.05) is 18.7 Å². The second-order valence-electron chi connectivity index (χ2n) is 7.58. The van der Waals surface area contributed by atoms with Crippen molar-refractivity contribution in [1.82, 2.24) is 9.80 Å². The fourth-order valence-electron chi connectivity index (χ4n) is 4.32. The molecule has 5 heteroatoms. The zero-order valence-electron chi connectivity index (χ0n) is 14.6. The zero-order chi connectivity index (χ0) is 16.8. The van der Waals surface area contributed by atoms with Crippen molar-refractivity contribution in [3.63, 3.8) is 0 Å². The fourth-order valence-corrected chi connectivity index (χ4v) is 4.32. The van der Waals surface area contributed by atoms with Crippen LogP contribution in [0.2, 0.25) is 0 Å². The van der Waals surface area contributed by atoms with E-state index in [0.29, 0.717) is 26.4 Å². The second-order valence-corrected chi connectivity index (χ2v) is 7.58. The van der Waals surface area contributed by atoms with Gasteiger partial charge in [-0.15, -0.1) is 0 Å². The Labute approximate surface area is 143 Å². The van der Waals surface area contributed by atoms with Crippen molar-refractivity contribution >= 4 is 5.91 Å². The van der Waals surface area contributed by atoms with Crippen molar-refractivity contribution in [3.8, 4) is 0 Å². The van der Waals surface area contributed by atoms with Gasteiger partial charge in [0, 0.05) is 19.6 Å². The van der Waals surface area contributed by atoms with Crippen LogP contribution in [0.4, 0.5) is 0 Å². The van der Waals surface area contributed by atoms with Gasteiger partial charge in [0.15, 0.2) is 0 Å². The summed E-state index contributed by atoms with van der Waals surface area (Å²) < 4.78 is 11.6. The van der Waals surface area contributed by atoms with Gasteiger partial charge in [-0.05, 0) is 31.4 Å². The van der Waals surface area contributed by atoms with Crippen molar-refractivity contribution in [1.29, 1.82) is 0 Å². The minimum Gasteiger partial charge on any atom is -0.379 e. The van der Waals surface area contributed by atoms with Crippen LogP contribution in [0, 0.1) is 0 Å². The molecule has 4 rings (SSSR count). The van der Waals surface area contributed by atoms with Gasteiger partial charge in [-0.2, -0.15) is 0 Å². The minimum absolute atomic E-state index is 0.203. The van der Waals surface area contributed by atoms with Crippen LogP contribution < -0.4 is 0 Å². The Morgan fingerprint density at radius 1 is 1.17 bits per heavy atom. The Hall–Kier alpha value is -1.43. The van der Waals surface area contributed by atoms with Crippen molar-refractivity contribution in [3.05, 3.63) is 35.4 Å². The van der Waals surface area contributed by atoms with Gasteiger partial charge >= 0.3 is 0 Å². The van der Waals surface area contributed by atoms with E-state index >= 15 is 0 Å². The summed E-state index contributed by atoms with van der Waals surface area (Å²) in [4.78, 5) is 17.4. The number of carbonyl (C=O) groups excluding carboxylic acids is 1. The van der Waals surface area contributed by atoms with Crippen LogP contribution in [0.15, 0.2) is 24.3 Å². The van der Waals surface area contributed by atoms with Crippen LogP contribution in [0.5, 0.6) is 0 Å². The number of benzene rings is 1.